The number of rotatable bonds is 6. The van der Waals surface area contributed by atoms with Crippen molar-refractivity contribution in [3.8, 4) is 0 Å². The topological polar surface area (TPSA) is 46.2 Å². The predicted octanol–water partition coefficient (Wildman–Crippen LogP) is 2.57. The molecule has 0 spiro atoms. The summed E-state index contributed by atoms with van der Waals surface area (Å²) in [7, 11) is 0. The van der Waals surface area contributed by atoms with E-state index in [1.807, 2.05) is 18.6 Å². The summed E-state index contributed by atoms with van der Waals surface area (Å²) in [5, 5.41) is 3.72. The first-order valence-electron chi connectivity index (χ1n) is 8.37. The highest BCUT2D eigenvalue weighted by molar-refractivity contribution is 5.04. The van der Waals surface area contributed by atoms with Gasteiger partial charge in [0.1, 0.15) is 5.76 Å². The van der Waals surface area contributed by atoms with Crippen molar-refractivity contribution in [1.29, 1.82) is 0 Å². The Labute approximate surface area is 131 Å². The van der Waals surface area contributed by atoms with Gasteiger partial charge < -0.3 is 14.3 Å². The van der Waals surface area contributed by atoms with E-state index in [0.717, 1.165) is 38.0 Å². The molecule has 2 aromatic heterocycles. The van der Waals surface area contributed by atoms with Crippen LogP contribution in [0, 0.1) is 0 Å². The quantitative estimate of drug-likeness (QED) is 0.890. The molecule has 0 aromatic carbocycles. The molecule has 2 aliphatic rings. The second-order valence-electron chi connectivity index (χ2n) is 6.53. The molecule has 118 valence electrons. The molecule has 2 fully saturated rings. The summed E-state index contributed by atoms with van der Waals surface area (Å²) in [6, 6.07) is 5.36. The summed E-state index contributed by atoms with van der Waals surface area (Å²) in [6.07, 6.45) is 10.8. The second kappa shape index (κ2) is 6.26. The molecule has 0 amide bonds. The Morgan fingerprint density at radius 3 is 2.82 bits per heavy atom. The van der Waals surface area contributed by atoms with Crippen molar-refractivity contribution in [2.45, 2.75) is 50.9 Å². The fourth-order valence-electron chi connectivity index (χ4n) is 3.32. The van der Waals surface area contributed by atoms with Gasteiger partial charge in [-0.2, -0.15) is 0 Å². The van der Waals surface area contributed by atoms with E-state index in [2.05, 4.69) is 25.8 Å². The normalized spacial score (nSPS) is 20.5. The molecule has 22 heavy (non-hydrogen) atoms. The van der Waals surface area contributed by atoms with Crippen molar-refractivity contribution in [2.75, 3.05) is 13.1 Å². The van der Waals surface area contributed by atoms with Crippen LogP contribution in [0.5, 0.6) is 0 Å². The van der Waals surface area contributed by atoms with Crippen molar-refractivity contribution >= 4 is 0 Å². The summed E-state index contributed by atoms with van der Waals surface area (Å²) in [5.74, 6) is 1.07. The highest BCUT2D eigenvalue weighted by atomic mass is 16.3. The molecular formula is C17H24N4O. The standard InChI is InChI=1S/C17H24N4O/c1-2-17(22-9-1)12-20-7-5-14(6-8-20)19-11-16-10-18-13-21(16)15-3-4-15/h1-2,9-10,13-15,19H,3-8,11-12H2. The van der Waals surface area contributed by atoms with Crippen LogP contribution in [-0.4, -0.2) is 33.6 Å². The molecule has 1 N–H and O–H groups in total. The smallest absolute Gasteiger partial charge is 0.117 e. The third-order valence-corrected chi connectivity index (χ3v) is 4.81. The van der Waals surface area contributed by atoms with E-state index in [1.54, 1.807) is 6.26 Å². The Morgan fingerprint density at radius 2 is 2.09 bits per heavy atom. The van der Waals surface area contributed by atoms with Gasteiger partial charge in [-0.05, 0) is 37.8 Å². The number of nitrogens with one attached hydrogen (secondary N) is 1. The van der Waals surface area contributed by atoms with Gasteiger partial charge in [-0.25, -0.2) is 4.98 Å². The lowest BCUT2D eigenvalue weighted by atomic mass is 10.0. The first kappa shape index (κ1) is 14.0. The minimum Gasteiger partial charge on any atom is -0.468 e. The zero-order valence-corrected chi connectivity index (χ0v) is 12.9. The number of imidazole rings is 1. The number of piperidine rings is 1. The molecule has 5 nitrogen and oxygen atoms in total. The molecule has 5 heteroatoms. The molecule has 1 aliphatic heterocycles. The predicted molar refractivity (Wildman–Crippen MR) is 84.3 cm³/mol. The van der Waals surface area contributed by atoms with Gasteiger partial charge in [-0.1, -0.05) is 0 Å². The van der Waals surface area contributed by atoms with Gasteiger partial charge in [0.05, 0.1) is 24.8 Å². The summed E-state index contributed by atoms with van der Waals surface area (Å²) >= 11 is 0. The highest BCUT2D eigenvalue weighted by Crippen LogP contribution is 2.35. The minimum atomic E-state index is 0.621. The van der Waals surface area contributed by atoms with Gasteiger partial charge >= 0.3 is 0 Å². The molecule has 1 aliphatic carbocycles. The van der Waals surface area contributed by atoms with Gasteiger partial charge in [0, 0.05) is 37.9 Å². The van der Waals surface area contributed by atoms with Gasteiger partial charge in [-0.3, -0.25) is 4.90 Å². The van der Waals surface area contributed by atoms with Crippen molar-refractivity contribution in [1.82, 2.24) is 19.8 Å². The van der Waals surface area contributed by atoms with Crippen molar-refractivity contribution in [2.24, 2.45) is 0 Å². The molecule has 0 radical (unpaired) electrons. The lowest BCUT2D eigenvalue weighted by Gasteiger charge is -2.31. The van der Waals surface area contributed by atoms with E-state index < -0.39 is 0 Å². The van der Waals surface area contributed by atoms with Gasteiger partial charge in [0.15, 0.2) is 0 Å². The Hall–Kier alpha value is -1.59. The van der Waals surface area contributed by atoms with E-state index in [1.165, 1.54) is 31.4 Å². The first-order chi connectivity index (χ1) is 10.9. The molecule has 0 bridgehead atoms. The van der Waals surface area contributed by atoms with Crippen molar-refractivity contribution in [3.63, 3.8) is 0 Å². The van der Waals surface area contributed by atoms with Crippen LogP contribution in [0.1, 0.15) is 43.2 Å². The summed E-state index contributed by atoms with van der Waals surface area (Å²) < 4.78 is 7.78. The van der Waals surface area contributed by atoms with Gasteiger partial charge in [0.2, 0.25) is 0 Å². The van der Waals surface area contributed by atoms with Crippen LogP contribution in [0.2, 0.25) is 0 Å². The minimum absolute atomic E-state index is 0.621. The van der Waals surface area contributed by atoms with Gasteiger partial charge in [0.25, 0.3) is 0 Å². The third kappa shape index (κ3) is 3.25. The lowest BCUT2D eigenvalue weighted by molar-refractivity contribution is 0.178. The van der Waals surface area contributed by atoms with E-state index in [0.29, 0.717) is 6.04 Å². The number of nitrogens with zero attached hydrogens (tertiary/aromatic N) is 3. The SMILES string of the molecule is c1coc(CN2CCC(NCc3cncn3C3CC3)CC2)c1. The fraction of sp³-hybridized carbons (Fsp3) is 0.588. The average Bonchev–Trinajstić information content (AvgIpc) is 3.07. The zero-order valence-electron chi connectivity index (χ0n) is 12.9. The maximum Gasteiger partial charge on any atom is 0.117 e. The molecule has 1 saturated heterocycles. The number of furan rings is 1. The van der Waals surface area contributed by atoms with Crippen molar-refractivity contribution in [3.05, 3.63) is 42.4 Å². The first-order valence-corrected chi connectivity index (χ1v) is 8.37. The molecular weight excluding hydrogens is 276 g/mol. The summed E-state index contributed by atoms with van der Waals surface area (Å²) in [6.45, 7) is 4.16. The summed E-state index contributed by atoms with van der Waals surface area (Å²) in [5.41, 5.74) is 1.33. The Balaban J connectivity index is 1.23. The Bertz CT molecular complexity index is 580. The molecule has 2 aromatic rings. The number of aromatic nitrogens is 2. The zero-order chi connectivity index (χ0) is 14.8. The van der Waals surface area contributed by atoms with Crippen LogP contribution >= 0.6 is 0 Å². The molecule has 0 unspecified atom stereocenters. The van der Waals surface area contributed by atoms with Crippen LogP contribution in [0.3, 0.4) is 0 Å². The number of hydrogen-bond acceptors (Lipinski definition) is 4. The Kier molecular flexibility index (Phi) is 3.99. The molecule has 1 saturated carbocycles. The molecule has 3 heterocycles. The number of likely N-dealkylation sites (tertiary alicyclic amines) is 1. The maximum absolute atomic E-state index is 5.43. The third-order valence-electron chi connectivity index (χ3n) is 4.81. The number of hydrogen-bond donors (Lipinski definition) is 1. The van der Waals surface area contributed by atoms with Crippen LogP contribution in [-0.2, 0) is 13.1 Å². The Morgan fingerprint density at radius 1 is 1.23 bits per heavy atom. The maximum atomic E-state index is 5.43. The molecule has 0 atom stereocenters. The highest BCUT2D eigenvalue weighted by Gasteiger charge is 2.25. The van der Waals surface area contributed by atoms with E-state index >= 15 is 0 Å². The van der Waals surface area contributed by atoms with Crippen molar-refractivity contribution < 1.29 is 4.42 Å². The fourth-order valence-corrected chi connectivity index (χ4v) is 3.32. The van der Waals surface area contributed by atoms with Gasteiger partial charge in [-0.15, -0.1) is 0 Å². The van der Waals surface area contributed by atoms with Crippen LogP contribution in [0.15, 0.2) is 35.3 Å². The lowest BCUT2D eigenvalue weighted by Crippen LogP contribution is -2.42. The molecule has 4 rings (SSSR count). The summed E-state index contributed by atoms with van der Waals surface area (Å²) in [4.78, 5) is 6.78. The van der Waals surface area contributed by atoms with E-state index in [-0.39, 0.29) is 0 Å². The van der Waals surface area contributed by atoms with Crippen LogP contribution in [0.4, 0.5) is 0 Å². The monoisotopic (exact) mass is 300 g/mol. The second-order valence-corrected chi connectivity index (χ2v) is 6.53. The van der Waals surface area contributed by atoms with Crippen LogP contribution < -0.4 is 5.32 Å². The van der Waals surface area contributed by atoms with Crippen LogP contribution in [0.25, 0.3) is 0 Å². The average molecular weight is 300 g/mol. The largest absolute Gasteiger partial charge is 0.468 e. The van der Waals surface area contributed by atoms with E-state index in [4.69, 9.17) is 4.42 Å². The van der Waals surface area contributed by atoms with E-state index in [9.17, 15) is 0 Å².